The molecule has 2 aromatic rings. The summed E-state index contributed by atoms with van der Waals surface area (Å²) in [6.07, 6.45) is 0.213. The number of alkyl halides is 2. The zero-order valence-electron chi connectivity index (χ0n) is 16.7. The molecular weight excluding hydrogens is 451 g/mol. The first-order chi connectivity index (χ1) is 15.2. The Morgan fingerprint density at radius 3 is 2.06 bits per heavy atom. The van der Waals surface area contributed by atoms with Crippen molar-refractivity contribution in [2.45, 2.75) is 36.8 Å². The smallest absolute Gasteiger partial charge is 0.280 e. The second-order valence-corrected chi connectivity index (χ2v) is 8.47. The molecule has 3 aliphatic carbocycles. The molecular formula is C21H19ClF3N3O4. The Labute approximate surface area is 186 Å². The van der Waals surface area contributed by atoms with Gasteiger partial charge in [0.25, 0.3) is 18.2 Å². The maximum atomic E-state index is 13.4. The fourth-order valence-corrected chi connectivity index (χ4v) is 4.30. The van der Waals surface area contributed by atoms with Crippen LogP contribution in [0.2, 0.25) is 5.02 Å². The van der Waals surface area contributed by atoms with E-state index in [4.69, 9.17) is 21.1 Å². The normalized spacial score (nSPS) is 23.0. The molecule has 3 saturated carbocycles. The monoisotopic (exact) mass is 469 g/mol. The van der Waals surface area contributed by atoms with E-state index in [1.807, 2.05) is 0 Å². The molecule has 1 aromatic carbocycles. The lowest BCUT2D eigenvalue weighted by Gasteiger charge is -2.70. The highest BCUT2D eigenvalue weighted by Crippen LogP contribution is 2.60. The van der Waals surface area contributed by atoms with Gasteiger partial charge in [0, 0.05) is 17.1 Å². The van der Waals surface area contributed by atoms with Crippen molar-refractivity contribution in [1.29, 1.82) is 0 Å². The minimum Gasteiger partial charge on any atom is -0.484 e. The van der Waals surface area contributed by atoms with Gasteiger partial charge < -0.3 is 20.1 Å². The van der Waals surface area contributed by atoms with Crippen LogP contribution in [0.3, 0.4) is 0 Å². The summed E-state index contributed by atoms with van der Waals surface area (Å²) in [7, 11) is 0. The lowest BCUT2D eigenvalue weighted by molar-refractivity contribution is -0.151. The van der Waals surface area contributed by atoms with E-state index in [0.29, 0.717) is 19.3 Å². The van der Waals surface area contributed by atoms with E-state index < -0.39 is 12.2 Å². The Kier molecular flexibility index (Phi) is 5.89. The molecule has 0 atom stereocenters. The number of rotatable bonds is 9. The van der Waals surface area contributed by atoms with Crippen LogP contribution in [0.4, 0.5) is 13.2 Å². The third-order valence-corrected chi connectivity index (χ3v) is 5.76. The van der Waals surface area contributed by atoms with Gasteiger partial charge in [-0.3, -0.25) is 14.6 Å². The summed E-state index contributed by atoms with van der Waals surface area (Å²) in [6.45, 7) is -0.545. The fourth-order valence-electron chi connectivity index (χ4n) is 4.19. The second kappa shape index (κ2) is 8.50. The molecule has 11 heteroatoms. The molecule has 0 unspecified atom stereocenters. The van der Waals surface area contributed by atoms with E-state index in [-0.39, 0.29) is 58.3 Å². The fraction of sp³-hybridized carbons (Fsp3) is 0.381. The van der Waals surface area contributed by atoms with Gasteiger partial charge in [0.15, 0.2) is 13.2 Å². The number of nitrogens with one attached hydrogen (secondary N) is 2. The predicted octanol–water partition coefficient (Wildman–Crippen LogP) is 3.18. The summed E-state index contributed by atoms with van der Waals surface area (Å²) in [5.41, 5.74) is -1.13. The van der Waals surface area contributed by atoms with E-state index in [2.05, 4.69) is 15.6 Å². The van der Waals surface area contributed by atoms with Crippen molar-refractivity contribution in [2.75, 3.05) is 13.2 Å². The van der Waals surface area contributed by atoms with Gasteiger partial charge in [-0.05, 0) is 43.5 Å². The zero-order valence-corrected chi connectivity index (χ0v) is 17.4. The van der Waals surface area contributed by atoms with Crippen molar-refractivity contribution in [3.63, 3.8) is 0 Å². The molecule has 0 radical (unpaired) electrons. The average molecular weight is 470 g/mol. The van der Waals surface area contributed by atoms with Crippen molar-refractivity contribution in [1.82, 2.24) is 15.6 Å². The first kappa shape index (κ1) is 22.2. The van der Waals surface area contributed by atoms with Crippen LogP contribution in [0.1, 0.15) is 31.4 Å². The Morgan fingerprint density at radius 1 is 1.00 bits per heavy atom. The zero-order chi connectivity index (χ0) is 22.9. The van der Waals surface area contributed by atoms with Gasteiger partial charge in [0.2, 0.25) is 0 Å². The standard InChI is InChI=1S/C21H19ClF3N3O4/c22-14-3-1-12(5-15(14)23)31-7-17(29)27-20-9-21(10-20,11-20)28-18(30)8-32-13-2-4-16(19(24)25)26-6-13/h1-6,19H,7-11H2,(H,27,29)(H,28,30). The van der Waals surface area contributed by atoms with Gasteiger partial charge in [0.05, 0.1) is 11.2 Å². The van der Waals surface area contributed by atoms with Crippen LogP contribution in [0.15, 0.2) is 36.5 Å². The third kappa shape index (κ3) is 4.74. The maximum Gasteiger partial charge on any atom is 0.280 e. The largest absolute Gasteiger partial charge is 0.484 e. The number of aromatic nitrogens is 1. The van der Waals surface area contributed by atoms with E-state index in [1.165, 1.54) is 18.2 Å². The summed E-state index contributed by atoms with van der Waals surface area (Å²) >= 11 is 5.60. The van der Waals surface area contributed by atoms with Crippen LogP contribution >= 0.6 is 11.6 Å². The van der Waals surface area contributed by atoms with Gasteiger partial charge in [-0.15, -0.1) is 0 Å². The molecule has 2 N–H and O–H groups in total. The van der Waals surface area contributed by atoms with Crippen molar-refractivity contribution in [3.05, 3.63) is 53.1 Å². The number of carbonyl (C=O) groups is 2. The van der Waals surface area contributed by atoms with E-state index in [1.54, 1.807) is 0 Å². The highest BCUT2D eigenvalue weighted by molar-refractivity contribution is 6.30. The number of nitrogens with zero attached hydrogens (tertiary/aromatic N) is 1. The lowest BCUT2D eigenvalue weighted by Crippen LogP contribution is -2.84. The van der Waals surface area contributed by atoms with Crippen LogP contribution < -0.4 is 20.1 Å². The van der Waals surface area contributed by atoms with Gasteiger partial charge >= 0.3 is 0 Å². The Morgan fingerprint density at radius 2 is 1.56 bits per heavy atom. The van der Waals surface area contributed by atoms with Gasteiger partial charge in [-0.25, -0.2) is 13.2 Å². The molecule has 2 amide bonds. The number of halogens is 4. The number of benzene rings is 1. The summed E-state index contributed by atoms with van der Waals surface area (Å²) < 4.78 is 48.9. The highest BCUT2D eigenvalue weighted by atomic mass is 35.5. The molecule has 32 heavy (non-hydrogen) atoms. The molecule has 5 rings (SSSR count). The molecule has 3 fully saturated rings. The molecule has 3 aliphatic rings. The minimum absolute atomic E-state index is 0.0327. The lowest BCUT2D eigenvalue weighted by atomic mass is 9.44. The molecule has 7 nitrogen and oxygen atoms in total. The number of carbonyl (C=O) groups excluding carboxylic acids is 2. The third-order valence-electron chi connectivity index (χ3n) is 5.45. The Hall–Kier alpha value is -3.01. The van der Waals surface area contributed by atoms with E-state index >= 15 is 0 Å². The average Bonchev–Trinajstić information content (AvgIpc) is 2.71. The van der Waals surface area contributed by atoms with E-state index in [0.717, 1.165) is 18.3 Å². The molecule has 2 bridgehead atoms. The van der Waals surface area contributed by atoms with Crippen molar-refractivity contribution in [3.8, 4) is 11.5 Å². The quantitative estimate of drug-likeness (QED) is 0.589. The highest BCUT2D eigenvalue weighted by Gasteiger charge is 2.69. The summed E-state index contributed by atoms with van der Waals surface area (Å²) in [6, 6.07) is 6.38. The summed E-state index contributed by atoms with van der Waals surface area (Å²) in [4.78, 5) is 27.8. The summed E-state index contributed by atoms with van der Waals surface area (Å²) in [5.74, 6) is -0.917. The van der Waals surface area contributed by atoms with Gasteiger partial charge in [0.1, 0.15) is 23.0 Å². The van der Waals surface area contributed by atoms with Crippen molar-refractivity contribution in [2.24, 2.45) is 0 Å². The molecule has 1 heterocycles. The molecule has 0 saturated heterocycles. The number of hydrogen-bond donors (Lipinski definition) is 2. The molecule has 1 aromatic heterocycles. The number of amides is 2. The van der Waals surface area contributed by atoms with Gasteiger partial charge in [-0.2, -0.15) is 0 Å². The van der Waals surface area contributed by atoms with E-state index in [9.17, 15) is 22.8 Å². The Balaban J connectivity index is 1.16. The molecule has 0 spiro atoms. The topological polar surface area (TPSA) is 89.5 Å². The Bertz CT molecular complexity index is 1020. The first-order valence-electron chi connectivity index (χ1n) is 9.74. The van der Waals surface area contributed by atoms with Crippen molar-refractivity contribution >= 4 is 23.4 Å². The van der Waals surface area contributed by atoms with Crippen LogP contribution in [0.5, 0.6) is 11.5 Å². The summed E-state index contributed by atoms with van der Waals surface area (Å²) in [5, 5.41) is 5.74. The van der Waals surface area contributed by atoms with Crippen LogP contribution in [0.25, 0.3) is 0 Å². The maximum absolute atomic E-state index is 13.4. The molecule has 0 aliphatic heterocycles. The van der Waals surface area contributed by atoms with Crippen LogP contribution in [-0.2, 0) is 9.59 Å². The number of ether oxygens (including phenoxy) is 2. The van der Waals surface area contributed by atoms with Crippen LogP contribution in [-0.4, -0.2) is 41.1 Å². The number of hydrogen-bond acceptors (Lipinski definition) is 5. The van der Waals surface area contributed by atoms with Crippen molar-refractivity contribution < 1.29 is 32.2 Å². The van der Waals surface area contributed by atoms with Gasteiger partial charge in [-0.1, -0.05) is 11.6 Å². The first-order valence-corrected chi connectivity index (χ1v) is 10.1. The minimum atomic E-state index is -2.67. The SMILES string of the molecule is O=C(COc1ccc(C(F)F)nc1)NC12CC(NC(=O)COc3ccc(Cl)c(F)c3)(C1)C2. The second-order valence-electron chi connectivity index (χ2n) is 8.06. The number of pyridine rings is 1. The predicted molar refractivity (Wildman–Crippen MR) is 107 cm³/mol. The molecule has 170 valence electrons. The van der Waals surface area contributed by atoms with Crippen LogP contribution in [0, 0.1) is 5.82 Å².